The number of rotatable bonds is 11. The van der Waals surface area contributed by atoms with Crippen LogP contribution >= 0.6 is 0 Å². The van der Waals surface area contributed by atoms with Crippen molar-refractivity contribution in [1.29, 1.82) is 0 Å². The maximum atomic E-state index is 13.1. The monoisotopic (exact) mass is 476 g/mol. The second-order valence-electron chi connectivity index (χ2n) is 8.47. The van der Waals surface area contributed by atoms with Crippen molar-refractivity contribution >= 4 is 44.3 Å². The van der Waals surface area contributed by atoms with Crippen molar-refractivity contribution in [3.05, 3.63) is 83.4 Å². The molecule has 0 aliphatic heterocycles. The van der Waals surface area contributed by atoms with Crippen LogP contribution in [0.4, 0.5) is 0 Å². The molecule has 1 heterocycles. The Balaban J connectivity index is 1.78. The number of benzene rings is 3. The molecule has 3 aromatic carbocycles. The largest absolute Gasteiger partial charge is 0.382 e. The molecule has 6 heteroatoms. The standard InChI is InChI=1S/C28H30NO4S/c1-32-15-16-33-14-13-29-25-11-9-21(27(30)19-34(2)3)17-23(25)24-18-22(10-12-26(24)29)28(31)20-7-5-4-6-8-20/h4-12,17-18H,13-16,19H2,1-3H3/q+1. The third-order valence-corrected chi connectivity index (χ3v) is 6.64. The molecular formula is C28H30NO4S+. The van der Waals surface area contributed by atoms with Crippen molar-refractivity contribution in [1.82, 2.24) is 4.57 Å². The van der Waals surface area contributed by atoms with E-state index in [2.05, 4.69) is 17.1 Å². The highest BCUT2D eigenvalue weighted by molar-refractivity contribution is 7.96. The summed E-state index contributed by atoms with van der Waals surface area (Å²) in [4.78, 5) is 25.9. The molecule has 4 rings (SSSR count). The normalized spacial score (nSPS) is 11.5. The molecule has 0 spiro atoms. The maximum Gasteiger partial charge on any atom is 0.211 e. The molecule has 5 nitrogen and oxygen atoms in total. The van der Waals surface area contributed by atoms with Crippen LogP contribution in [0.3, 0.4) is 0 Å². The third kappa shape index (κ3) is 5.25. The van der Waals surface area contributed by atoms with Crippen molar-refractivity contribution in [2.45, 2.75) is 6.54 Å². The number of nitrogens with zero attached hydrogens (tertiary/aromatic N) is 1. The summed E-state index contributed by atoms with van der Waals surface area (Å²) in [6.45, 7) is 2.30. The van der Waals surface area contributed by atoms with Crippen molar-refractivity contribution in [2.24, 2.45) is 0 Å². The van der Waals surface area contributed by atoms with Crippen LogP contribution in [0.1, 0.15) is 26.3 Å². The fourth-order valence-corrected chi connectivity index (χ4v) is 4.85. The van der Waals surface area contributed by atoms with Gasteiger partial charge in [0.25, 0.3) is 0 Å². The first-order valence-corrected chi connectivity index (χ1v) is 13.5. The second-order valence-corrected chi connectivity index (χ2v) is 10.7. The highest BCUT2D eigenvalue weighted by atomic mass is 32.2. The topological polar surface area (TPSA) is 57.5 Å². The van der Waals surface area contributed by atoms with E-state index in [1.165, 1.54) is 0 Å². The number of carbonyl (C=O) groups is 2. The highest BCUT2D eigenvalue weighted by Crippen LogP contribution is 2.31. The highest BCUT2D eigenvalue weighted by Gasteiger charge is 2.18. The number of Topliss-reactive ketones (excluding diaryl/α,β-unsaturated/α-hetero) is 1. The predicted octanol–water partition coefficient (Wildman–Crippen LogP) is 4.75. The first-order valence-electron chi connectivity index (χ1n) is 11.3. The Hall–Kier alpha value is -2.93. The lowest BCUT2D eigenvalue weighted by Crippen LogP contribution is -2.13. The zero-order chi connectivity index (χ0) is 24.1. The van der Waals surface area contributed by atoms with Crippen LogP contribution in [0.2, 0.25) is 0 Å². The van der Waals surface area contributed by atoms with E-state index in [9.17, 15) is 9.59 Å². The minimum Gasteiger partial charge on any atom is -0.382 e. The van der Waals surface area contributed by atoms with Gasteiger partial charge in [-0.15, -0.1) is 0 Å². The van der Waals surface area contributed by atoms with Crippen molar-refractivity contribution in [3.63, 3.8) is 0 Å². The van der Waals surface area contributed by atoms with Gasteiger partial charge in [0.2, 0.25) is 5.78 Å². The van der Waals surface area contributed by atoms with E-state index in [1.807, 2.05) is 66.7 Å². The number of carbonyl (C=O) groups excluding carboxylic acids is 2. The SMILES string of the molecule is COCCOCCn1c2ccc(C(=O)C[S+](C)C)cc2c2cc(C(=O)c3ccccc3)ccc21. The summed E-state index contributed by atoms with van der Waals surface area (Å²) < 4.78 is 13.0. The van der Waals surface area contributed by atoms with E-state index in [0.29, 0.717) is 48.8 Å². The molecule has 0 amide bonds. The number of methoxy groups -OCH3 is 1. The van der Waals surface area contributed by atoms with Crippen LogP contribution in [-0.4, -0.2) is 61.3 Å². The van der Waals surface area contributed by atoms with Crippen LogP contribution in [0.5, 0.6) is 0 Å². The van der Waals surface area contributed by atoms with Crippen LogP contribution in [0.25, 0.3) is 21.8 Å². The zero-order valence-corrected chi connectivity index (χ0v) is 20.7. The molecule has 0 radical (unpaired) electrons. The van der Waals surface area contributed by atoms with E-state index < -0.39 is 0 Å². The Morgan fingerprint density at radius 2 is 1.44 bits per heavy atom. The lowest BCUT2D eigenvalue weighted by atomic mass is 10.0. The van der Waals surface area contributed by atoms with Crippen molar-refractivity contribution in [2.75, 3.05) is 45.2 Å². The summed E-state index contributed by atoms with van der Waals surface area (Å²) in [6.07, 6.45) is 4.15. The van der Waals surface area contributed by atoms with E-state index in [4.69, 9.17) is 9.47 Å². The first-order chi connectivity index (χ1) is 16.5. The molecule has 0 saturated heterocycles. The van der Waals surface area contributed by atoms with Crippen LogP contribution in [0.15, 0.2) is 66.7 Å². The molecule has 4 aromatic rings. The zero-order valence-electron chi connectivity index (χ0n) is 19.9. The van der Waals surface area contributed by atoms with Crippen molar-refractivity contribution in [3.8, 4) is 0 Å². The average molecular weight is 477 g/mol. The molecule has 0 fully saturated rings. The molecule has 0 unspecified atom stereocenters. The van der Waals surface area contributed by atoms with Gasteiger partial charge in [-0.2, -0.15) is 0 Å². The molecule has 0 saturated carbocycles. The fraction of sp³-hybridized carbons (Fsp3) is 0.286. The van der Waals surface area contributed by atoms with Gasteiger partial charge in [-0.25, -0.2) is 0 Å². The smallest absolute Gasteiger partial charge is 0.211 e. The number of fused-ring (bicyclic) bond motifs is 3. The van der Waals surface area contributed by atoms with Gasteiger partial charge in [0.05, 0.1) is 32.3 Å². The first kappa shape index (κ1) is 24.2. The van der Waals surface area contributed by atoms with Crippen LogP contribution in [-0.2, 0) is 26.9 Å². The average Bonchev–Trinajstić information content (AvgIpc) is 3.16. The lowest BCUT2D eigenvalue weighted by molar-refractivity contribution is 0.0673. The Bertz CT molecular complexity index is 1310. The van der Waals surface area contributed by atoms with E-state index in [1.54, 1.807) is 7.11 Å². The minimum absolute atomic E-state index is 0.0143. The summed E-state index contributed by atoms with van der Waals surface area (Å²) in [5.41, 5.74) is 4.05. The Morgan fingerprint density at radius 3 is 2.09 bits per heavy atom. The lowest BCUT2D eigenvalue weighted by Gasteiger charge is -2.09. The maximum absolute atomic E-state index is 13.1. The Kier molecular flexibility index (Phi) is 7.83. The molecule has 0 N–H and O–H groups in total. The Labute approximate surface area is 203 Å². The van der Waals surface area contributed by atoms with Gasteiger partial charge in [-0.05, 0) is 47.3 Å². The predicted molar refractivity (Wildman–Crippen MR) is 140 cm³/mol. The summed E-state index contributed by atoms with van der Waals surface area (Å²) in [5.74, 6) is 0.671. The number of hydrogen-bond acceptors (Lipinski definition) is 4. The van der Waals surface area contributed by atoms with Gasteiger partial charge >= 0.3 is 0 Å². The van der Waals surface area contributed by atoms with Gasteiger partial charge in [0, 0.05) is 52.2 Å². The second kappa shape index (κ2) is 11.0. The molecule has 0 aliphatic rings. The number of aromatic nitrogens is 1. The van der Waals surface area contributed by atoms with E-state index in [-0.39, 0.29) is 22.5 Å². The molecule has 0 aliphatic carbocycles. The van der Waals surface area contributed by atoms with Gasteiger partial charge < -0.3 is 14.0 Å². The van der Waals surface area contributed by atoms with Gasteiger partial charge in [-0.3, -0.25) is 9.59 Å². The summed E-state index contributed by atoms with van der Waals surface area (Å²) in [6, 6.07) is 21.0. The van der Waals surface area contributed by atoms with E-state index >= 15 is 0 Å². The van der Waals surface area contributed by atoms with Gasteiger partial charge in [0.15, 0.2) is 11.5 Å². The molecule has 176 valence electrons. The minimum atomic E-state index is -0.0143. The number of hydrogen-bond donors (Lipinski definition) is 0. The van der Waals surface area contributed by atoms with Crippen molar-refractivity contribution < 1.29 is 19.1 Å². The van der Waals surface area contributed by atoms with Crippen LogP contribution in [0, 0.1) is 0 Å². The number of ether oxygens (including phenoxy) is 2. The molecule has 0 bridgehead atoms. The van der Waals surface area contributed by atoms with Gasteiger partial charge in [-0.1, -0.05) is 30.3 Å². The fourth-order valence-electron chi connectivity index (χ4n) is 4.16. The summed E-state index contributed by atoms with van der Waals surface area (Å²) >= 11 is 0. The summed E-state index contributed by atoms with van der Waals surface area (Å²) in [7, 11) is 1.69. The van der Waals surface area contributed by atoms with Crippen LogP contribution < -0.4 is 0 Å². The third-order valence-electron chi connectivity index (χ3n) is 5.80. The molecular weight excluding hydrogens is 446 g/mol. The quantitative estimate of drug-likeness (QED) is 0.178. The molecule has 1 aromatic heterocycles. The molecule has 0 atom stereocenters. The number of ketones is 2. The molecule has 34 heavy (non-hydrogen) atoms. The van der Waals surface area contributed by atoms with Gasteiger partial charge in [0.1, 0.15) is 0 Å². The Morgan fingerprint density at radius 1 is 0.794 bits per heavy atom. The van der Waals surface area contributed by atoms with E-state index in [0.717, 1.165) is 21.8 Å². The summed E-state index contributed by atoms with van der Waals surface area (Å²) in [5, 5.41) is 1.95.